The lowest BCUT2D eigenvalue weighted by Crippen LogP contribution is -2.28. The van der Waals surface area contributed by atoms with Gasteiger partial charge < -0.3 is 143 Å². The number of amides is 2. The number of ether oxygens (including phenoxy) is 28. The zero-order valence-corrected chi connectivity index (χ0v) is 58.0. The topological polar surface area (TPSA) is 317 Å². The third-order valence-electron chi connectivity index (χ3n) is 11.7. The van der Waals surface area contributed by atoms with Gasteiger partial charge >= 0.3 is 0 Å². The number of terminal acetylenes is 1. The molecule has 0 heterocycles. The van der Waals surface area contributed by atoms with Gasteiger partial charge in [0.15, 0.2) is 0 Å². The number of nitrogens with one attached hydrogen (secondary N) is 2. The molecule has 0 unspecified atom stereocenters. The first-order valence-electron chi connectivity index (χ1n) is 33.8. The van der Waals surface area contributed by atoms with Crippen LogP contribution in [0.3, 0.4) is 0 Å². The fourth-order valence-electron chi connectivity index (χ4n) is 6.76. The molecule has 0 aromatic rings. The maximum Gasteiger partial charge on any atom is 0.222 e. The number of carbonyl (C=O) groups is 2. The van der Waals surface area contributed by atoms with Gasteiger partial charge in [-0.25, -0.2) is 0 Å². The van der Waals surface area contributed by atoms with E-state index >= 15 is 0 Å². The molecule has 0 saturated carbocycles. The van der Waals surface area contributed by atoms with Crippen molar-refractivity contribution in [2.45, 2.75) is 12.8 Å². The largest absolute Gasteiger partial charge is 0.379 e. The van der Waals surface area contributed by atoms with Crippen LogP contribution in [0, 0.1) is 12.3 Å². The summed E-state index contributed by atoms with van der Waals surface area (Å²) in [5.74, 6) is 2.25. The first kappa shape index (κ1) is 93.4. The summed E-state index contributed by atoms with van der Waals surface area (Å²) in [6.07, 6.45) is 5.71. The highest BCUT2D eigenvalue weighted by molar-refractivity contribution is 5.76. The summed E-state index contributed by atoms with van der Waals surface area (Å²) in [6.45, 7) is 26.2. The number of hydrogen-bond donors (Lipinski definition) is 2. The van der Waals surface area contributed by atoms with Crippen molar-refractivity contribution in [3.8, 4) is 12.3 Å². The highest BCUT2D eigenvalue weighted by Gasteiger charge is 2.04. The normalized spacial score (nSPS) is 11.5. The van der Waals surface area contributed by atoms with E-state index in [4.69, 9.17) is 139 Å². The molecule has 0 rings (SSSR count). The highest BCUT2D eigenvalue weighted by atomic mass is 16.6. The molecule has 0 radical (unpaired) electrons. The van der Waals surface area contributed by atoms with Gasteiger partial charge in [-0.05, 0) is 0 Å². The average Bonchev–Trinajstić information content (AvgIpc) is 3.63. The van der Waals surface area contributed by atoms with E-state index in [-0.39, 0.29) is 24.8 Å². The summed E-state index contributed by atoms with van der Waals surface area (Å²) in [6, 6.07) is 0. The molecular weight excluding hydrogens is 1280 g/mol. The van der Waals surface area contributed by atoms with E-state index in [0.29, 0.717) is 376 Å². The second-order valence-corrected chi connectivity index (χ2v) is 19.3. The summed E-state index contributed by atoms with van der Waals surface area (Å²) in [7, 11) is 1.60. The summed E-state index contributed by atoms with van der Waals surface area (Å²) >= 11 is 0. The lowest BCUT2D eigenvalue weighted by atomic mass is 10.4. The van der Waals surface area contributed by atoms with Crippen LogP contribution in [0.15, 0.2) is 0 Å². The summed E-state index contributed by atoms with van der Waals surface area (Å²) < 4.78 is 153. The second-order valence-electron chi connectivity index (χ2n) is 19.3. The molecule has 0 aromatic carbocycles. The third kappa shape index (κ3) is 87.5. The van der Waals surface area contributed by atoms with Crippen LogP contribution < -0.4 is 10.6 Å². The van der Waals surface area contributed by atoms with Crippen LogP contribution in [0.25, 0.3) is 0 Å². The van der Waals surface area contributed by atoms with Gasteiger partial charge in [0.05, 0.1) is 363 Å². The predicted octanol–water partition coefficient (Wildman–Crippen LogP) is -0.273. The molecule has 32 nitrogen and oxygen atoms in total. The molecule has 96 heavy (non-hydrogen) atoms. The van der Waals surface area contributed by atoms with Crippen molar-refractivity contribution in [2.75, 3.05) is 384 Å². The minimum absolute atomic E-state index is 0.0435. The first-order valence-corrected chi connectivity index (χ1v) is 33.8. The van der Waals surface area contributed by atoms with Gasteiger partial charge in [-0.2, -0.15) is 0 Å². The van der Waals surface area contributed by atoms with E-state index in [2.05, 4.69) is 16.6 Å². The zero-order valence-electron chi connectivity index (χ0n) is 58.0. The Bertz CT molecular complexity index is 1520. The molecule has 0 fully saturated rings. The lowest BCUT2D eigenvalue weighted by molar-refractivity contribution is -0.123. The third-order valence-corrected chi connectivity index (χ3v) is 11.7. The molecule has 0 spiro atoms. The summed E-state index contributed by atoms with van der Waals surface area (Å²) in [4.78, 5) is 23.0. The standard InChI is InChI=1S/C64H124N2O30/c1-3-7-69-11-15-73-19-20-75-17-13-71-9-5-64(68)66-6-10-72-14-18-76-22-24-78-26-28-80-30-32-82-34-36-84-38-40-86-42-44-88-46-48-90-50-52-92-54-56-94-58-60-96-62-61-95-59-57-93-55-53-91-51-49-89-47-45-87-43-41-85-39-37-83-35-33-81-31-29-79-27-25-77-23-21-74-16-12-70-8-4-63(67)65-2/h1H,4-62H2,2H3,(H,65,67)(H,66,68). The Morgan fingerprint density at radius 3 is 0.500 bits per heavy atom. The summed E-state index contributed by atoms with van der Waals surface area (Å²) in [5, 5.41) is 5.34. The fourth-order valence-corrected chi connectivity index (χ4v) is 6.76. The molecule has 570 valence electrons. The quantitative estimate of drug-likeness (QED) is 0.0585. The van der Waals surface area contributed by atoms with Crippen LogP contribution in [-0.4, -0.2) is 395 Å². The van der Waals surface area contributed by atoms with E-state index in [9.17, 15) is 9.59 Å². The van der Waals surface area contributed by atoms with Gasteiger partial charge in [-0.3, -0.25) is 9.59 Å². The first-order chi connectivity index (χ1) is 47.7. The minimum atomic E-state index is -0.0989. The van der Waals surface area contributed by atoms with E-state index in [1.807, 2.05) is 0 Å². The van der Waals surface area contributed by atoms with Gasteiger partial charge in [0, 0.05) is 26.4 Å². The molecule has 0 aliphatic rings. The van der Waals surface area contributed by atoms with Crippen molar-refractivity contribution >= 4 is 11.8 Å². The minimum Gasteiger partial charge on any atom is -0.379 e. The molecule has 2 amide bonds. The van der Waals surface area contributed by atoms with Crippen molar-refractivity contribution in [1.29, 1.82) is 0 Å². The number of hydrogen-bond acceptors (Lipinski definition) is 30. The molecule has 0 atom stereocenters. The highest BCUT2D eigenvalue weighted by Crippen LogP contribution is 1.93. The Morgan fingerprint density at radius 2 is 0.344 bits per heavy atom. The smallest absolute Gasteiger partial charge is 0.222 e. The van der Waals surface area contributed by atoms with Gasteiger partial charge in [0.2, 0.25) is 11.8 Å². The van der Waals surface area contributed by atoms with Crippen molar-refractivity contribution < 1.29 is 142 Å². The molecule has 0 aromatic heterocycles. The van der Waals surface area contributed by atoms with E-state index in [1.165, 1.54) is 0 Å². The van der Waals surface area contributed by atoms with Crippen molar-refractivity contribution in [3.63, 3.8) is 0 Å². The van der Waals surface area contributed by atoms with E-state index in [1.54, 1.807) is 7.05 Å². The maximum absolute atomic E-state index is 11.9. The van der Waals surface area contributed by atoms with Crippen LogP contribution in [-0.2, 0) is 142 Å². The van der Waals surface area contributed by atoms with Gasteiger partial charge in [0.1, 0.15) is 6.61 Å². The zero-order chi connectivity index (χ0) is 68.8. The summed E-state index contributed by atoms with van der Waals surface area (Å²) in [5.41, 5.74) is 0. The Balaban J connectivity index is 3.12. The number of rotatable bonds is 88. The molecular formula is C64H124N2O30. The SMILES string of the molecule is C#CCOCCOCCOCCOCCC(=O)NCCOCCOCCOCCOCCOCCOCCOCCOCCOCCOCCOCCOCCOCCOCCOCCOCCOCCOCCOCCOCCOCCOCCOCCOCCC(=O)NC. The van der Waals surface area contributed by atoms with Crippen molar-refractivity contribution in [2.24, 2.45) is 0 Å². The maximum atomic E-state index is 11.9. The average molecular weight is 1400 g/mol. The Labute approximate surface area is 571 Å². The van der Waals surface area contributed by atoms with Crippen molar-refractivity contribution in [1.82, 2.24) is 10.6 Å². The van der Waals surface area contributed by atoms with Crippen molar-refractivity contribution in [3.05, 3.63) is 0 Å². The molecule has 0 saturated heterocycles. The molecule has 0 aliphatic carbocycles. The van der Waals surface area contributed by atoms with Gasteiger partial charge in [-0.15, -0.1) is 6.42 Å². The van der Waals surface area contributed by atoms with Crippen LogP contribution in [0.5, 0.6) is 0 Å². The van der Waals surface area contributed by atoms with Crippen LogP contribution >= 0.6 is 0 Å². The molecule has 0 bridgehead atoms. The van der Waals surface area contributed by atoms with Gasteiger partial charge in [0.25, 0.3) is 0 Å². The lowest BCUT2D eigenvalue weighted by Gasteiger charge is -2.09. The van der Waals surface area contributed by atoms with Crippen LogP contribution in [0.4, 0.5) is 0 Å². The number of carbonyl (C=O) groups excluding carboxylic acids is 2. The Kier molecular flexibility index (Phi) is 86.1. The Hall–Kier alpha value is -2.62. The molecule has 2 N–H and O–H groups in total. The molecule has 32 heteroatoms. The van der Waals surface area contributed by atoms with Crippen LogP contribution in [0.1, 0.15) is 12.8 Å². The van der Waals surface area contributed by atoms with E-state index in [0.717, 1.165) is 0 Å². The predicted molar refractivity (Wildman–Crippen MR) is 348 cm³/mol. The fraction of sp³-hybridized carbons (Fsp3) is 0.938. The monoisotopic (exact) mass is 1400 g/mol. The van der Waals surface area contributed by atoms with Crippen LogP contribution in [0.2, 0.25) is 0 Å². The van der Waals surface area contributed by atoms with Gasteiger partial charge in [-0.1, -0.05) is 5.92 Å². The molecule has 0 aliphatic heterocycles. The Morgan fingerprint density at radius 1 is 0.208 bits per heavy atom. The van der Waals surface area contributed by atoms with E-state index < -0.39 is 0 Å². The second kappa shape index (κ2) is 88.5.